The molecule has 2 heterocycles. The molecule has 0 saturated heterocycles. The summed E-state index contributed by atoms with van der Waals surface area (Å²) < 4.78 is 0. The van der Waals surface area contributed by atoms with Crippen molar-refractivity contribution in [3.63, 3.8) is 0 Å². The van der Waals surface area contributed by atoms with Gasteiger partial charge in [0.05, 0.1) is 10.7 Å². The van der Waals surface area contributed by atoms with E-state index in [0.717, 1.165) is 36.6 Å². The standard InChI is InChI=1S/C13H18N4S2/c1-10-17-11(9-19-10)4-6-15-13(14)16-7-5-12-3-2-8-18-12/h2-3,8-9H,4-7H2,1H3,(H3,14,15,16). The zero-order valence-corrected chi connectivity index (χ0v) is 12.6. The quantitative estimate of drug-likeness (QED) is 0.634. The summed E-state index contributed by atoms with van der Waals surface area (Å²) in [4.78, 5) is 10.1. The van der Waals surface area contributed by atoms with Gasteiger partial charge in [-0.25, -0.2) is 4.98 Å². The molecule has 0 aliphatic heterocycles. The van der Waals surface area contributed by atoms with E-state index in [2.05, 4.69) is 38.2 Å². The molecule has 0 saturated carbocycles. The lowest BCUT2D eigenvalue weighted by Crippen LogP contribution is -2.33. The zero-order chi connectivity index (χ0) is 13.5. The summed E-state index contributed by atoms with van der Waals surface area (Å²) in [5.74, 6) is 0.517. The van der Waals surface area contributed by atoms with Crippen LogP contribution in [-0.4, -0.2) is 24.0 Å². The van der Waals surface area contributed by atoms with Crippen LogP contribution in [0.25, 0.3) is 0 Å². The molecule has 19 heavy (non-hydrogen) atoms. The minimum absolute atomic E-state index is 0.517. The maximum absolute atomic E-state index is 5.81. The van der Waals surface area contributed by atoms with Crippen molar-refractivity contribution in [2.45, 2.75) is 19.8 Å². The highest BCUT2D eigenvalue weighted by Crippen LogP contribution is 2.09. The van der Waals surface area contributed by atoms with Crippen molar-refractivity contribution in [3.05, 3.63) is 38.5 Å². The highest BCUT2D eigenvalue weighted by molar-refractivity contribution is 7.10. The van der Waals surface area contributed by atoms with Crippen LogP contribution < -0.4 is 11.1 Å². The maximum atomic E-state index is 5.81. The van der Waals surface area contributed by atoms with E-state index in [4.69, 9.17) is 5.73 Å². The smallest absolute Gasteiger partial charge is 0.188 e. The van der Waals surface area contributed by atoms with Gasteiger partial charge in [0.25, 0.3) is 0 Å². The number of hydrogen-bond donors (Lipinski definition) is 2. The van der Waals surface area contributed by atoms with Gasteiger partial charge < -0.3 is 11.1 Å². The first-order chi connectivity index (χ1) is 9.24. The molecule has 0 atom stereocenters. The van der Waals surface area contributed by atoms with Gasteiger partial charge in [-0.15, -0.1) is 22.7 Å². The van der Waals surface area contributed by atoms with Gasteiger partial charge in [-0.1, -0.05) is 6.07 Å². The fourth-order valence-electron chi connectivity index (χ4n) is 1.64. The molecule has 6 heteroatoms. The fourth-order valence-corrected chi connectivity index (χ4v) is 2.98. The van der Waals surface area contributed by atoms with Crippen molar-refractivity contribution in [1.29, 1.82) is 0 Å². The molecule has 3 N–H and O–H groups in total. The molecule has 0 unspecified atom stereocenters. The first-order valence-electron chi connectivity index (χ1n) is 6.21. The average molecular weight is 294 g/mol. The number of thiazole rings is 1. The summed E-state index contributed by atoms with van der Waals surface area (Å²) in [5.41, 5.74) is 6.92. The minimum Gasteiger partial charge on any atom is -0.370 e. The second-order valence-corrected chi connectivity index (χ2v) is 6.23. The summed E-state index contributed by atoms with van der Waals surface area (Å²) in [7, 11) is 0. The first-order valence-corrected chi connectivity index (χ1v) is 7.97. The number of aliphatic imine (C=N–C) groups is 1. The van der Waals surface area contributed by atoms with E-state index in [1.165, 1.54) is 4.88 Å². The molecule has 0 aliphatic rings. The van der Waals surface area contributed by atoms with Crippen LogP contribution in [0.5, 0.6) is 0 Å². The number of nitrogens with zero attached hydrogens (tertiary/aromatic N) is 2. The van der Waals surface area contributed by atoms with Crippen molar-refractivity contribution >= 4 is 28.6 Å². The number of guanidine groups is 1. The van der Waals surface area contributed by atoms with E-state index in [1.807, 2.05) is 6.92 Å². The predicted molar refractivity (Wildman–Crippen MR) is 83.1 cm³/mol. The van der Waals surface area contributed by atoms with Crippen molar-refractivity contribution in [1.82, 2.24) is 10.3 Å². The average Bonchev–Trinajstić information content (AvgIpc) is 3.01. The Morgan fingerprint density at radius 1 is 1.42 bits per heavy atom. The summed E-state index contributed by atoms with van der Waals surface area (Å²) in [5, 5.41) is 8.38. The lowest BCUT2D eigenvalue weighted by atomic mass is 10.3. The molecule has 0 aromatic carbocycles. The Labute approximate surface area is 121 Å². The molecule has 2 aromatic heterocycles. The lowest BCUT2D eigenvalue weighted by Gasteiger charge is -2.03. The van der Waals surface area contributed by atoms with Crippen LogP contribution in [0.4, 0.5) is 0 Å². The minimum atomic E-state index is 0.517. The van der Waals surface area contributed by atoms with Gasteiger partial charge in [0.1, 0.15) is 0 Å². The van der Waals surface area contributed by atoms with E-state index in [-0.39, 0.29) is 0 Å². The van der Waals surface area contributed by atoms with E-state index in [1.54, 1.807) is 22.7 Å². The van der Waals surface area contributed by atoms with Gasteiger partial charge in [0, 0.05) is 36.2 Å². The molecule has 0 aliphatic carbocycles. The highest BCUT2D eigenvalue weighted by atomic mass is 32.1. The van der Waals surface area contributed by atoms with Gasteiger partial charge in [-0.2, -0.15) is 0 Å². The Bertz CT molecular complexity index is 516. The van der Waals surface area contributed by atoms with Crippen LogP contribution in [0.1, 0.15) is 15.6 Å². The number of nitrogens with one attached hydrogen (secondary N) is 1. The van der Waals surface area contributed by atoms with E-state index in [9.17, 15) is 0 Å². The lowest BCUT2D eigenvalue weighted by molar-refractivity contribution is 0.829. The number of nitrogens with two attached hydrogens (primary N) is 1. The molecule has 0 bridgehead atoms. The fraction of sp³-hybridized carbons (Fsp3) is 0.385. The van der Waals surface area contributed by atoms with E-state index < -0.39 is 0 Å². The summed E-state index contributed by atoms with van der Waals surface area (Å²) >= 11 is 3.43. The first kappa shape index (κ1) is 14.0. The number of aryl methyl sites for hydroxylation is 1. The van der Waals surface area contributed by atoms with Crippen molar-refractivity contribution in [2.75, 3.05) is 13.1 Å². The third-order valence-corrected chi connectivity index (χ3v) is 4.33. The number of rotatable bonds is 6. The summed E-state index contributed by atoms with van der Waals surface area (Å²) in [6.07, 6.45) is 1.83. The van der Waals surface area contributed by atoms with Crippen LogP contribution in [-0.2, 0) is 12.8 Å². The Balaban J connectivity index is 1.64. The van der Waals surface area contributed by atoms with E-state index >= 15 is 0 Å². The molecule has 2 rings (SSSR count). The molecule has 2 aromatic rings. The SMILES string of the molecule is Cc1nc(CCNC(N)=NCCc2cccs2)cs1. The van der Waals surface area contributed by atoms with Crippen molar-refractivity contribution in [3.8, 4) is 0 Å². The molecule has 0 fully saturated rings. The molecule has 102 valence electrons. The van der Waals surface area contributed by atoms with E-state index in [0.29, 0.717) is 5.96 Å². The third-order valence-electron chi connectivity index (χ3n) is 2.57. The Hall–Kier alpha value is -1.40. The normalized spacial score (nSPS) is 11.7. The zero-order valence-electron chi connectivity index (χ0n) is 10.9. The van der Waals surface area contributed by atoms with Crippen LogP contribution in [0.2, 0.25) is 0 Å². The Morgan fingerprint density at radius 3 is 3.00 bits per heavy atom. The topological polar surface area (TPSA) is 63.3 Å². The molecule has 0 radical (unpaired) electrons. The van der Waals surface area contributed by atoms with Gasteiger partial charge in [-0.05, 0) is 18.4 Å². The van der Waals surface area contributed by atoms with Crippen LogP contribution >= 0.6 is 22.7 Å². The highest BCUT2D eigenvalue weighted by Gasteiger charge is 1.98. The number of thiophene rings is 1. The van der Waals surface area contributed by atoms with Crippen LogP contribution in [0.15, 0.2) is 27.9 Å². The number of aromatic nitrogens is 1. The molecular formula is C13H18N4S2. The van der Waals surface area contributed by atoms with Gasteiger partial charge in [0.15, 0.2) is 5.96 Å². The maximum Gasteiger partial charge on any atom is 0.188 e. The summed E-state index contributed by atoms with van der Waals surface area (Å²) in [6, 6.07) is 4.18. The largest absolute Gasteiger partial charge is 0.370 e. The molecular weight excluding hydrogens is 276 g/mol. The second kappa shape index (κ2) is 7.25. The van der Waals surface area contributed by atoms with Gasteiger partial charge >= 0.3 is 0 Å². The Kier molecular flexibility index (Phi) is 5.35. The van der Waals surface area contributed by atoms with Gasteiger partial charge in [0.2, 0.25) is 0 Å². The van der Waals surface area contributed by atoms with Crippen molar-refractivity contribution in [2.24, 2.45) is 10.7 Å². The molecule has 0 spiro atoms. The van der Waals surface area contributed by atoms with Crippen LogP contribution in [0, 0.1) is 6.92 Å². The van der Waals surface area contributed by atoms with Crippen molar-refractivity contribution < 1.29 is 0 Å². The van der Waals surface area contributed by atoms with Gasteiger partial charge in [-0.3, -0.25) is 4.99 Å². The summed E-state index contributed by atoms with van der Waals surface area (Å²) in [6.45, 7) is 3.52. The molecule has 4 nitrogen and oxygen atoms in total. The van der Waals surface area contributed by atoms with Crippen LogP contribution in [0.3, 0.4) is 0 Å². The Morgan fingerprint density at radius 2 is 2.32 bits per heavy atom. The number of hydrogen-bond acceptors (Lipinski definition) is 4. The monoisotopic (exact) mass is 294 g/mol. The third kappa shape index (κ3) is 5.00. The molecule has 0 amide bonds. The second-order valence-electron chi connectivity index (χ2n) is 4.13. The predicted octanol–water partition coefficient (Wildman–Crippen LogP) is 2.20.